The zero-order chi connectivity index (χ0) is 26.2. The number of nitrogens with zero attached hydrogens (tertiary/aromatic N) is 2. The molecule has 1 aliphatic rings. The van der Waals surface area contributed by atoms with E-state index in [1.807, 2.05) is 0 Å². The Labute approximate surface area is 220 Å². The van der Waals surface area contributed by atoms with Gasteiger partial charge in [-0.3, -0.25) is 9.36 Å². The number of ether oxygens (including phenoxy) is 2. The number of esters is 1. The zero-order valence-electron chi connectivity index (χ0n) is 18.7. The van der Waals surface area contributed by atoms with Gasteiger partial charge >= 0.3 is 12.1 Å². The van der Waals surface area contributed by atoms with Crippen molar-refractivity contribution >= 4 is 50.9 Å². The highest BCUT2D eigenvalue weighted by Gasteiger charge is 2.45. The first-order valence-corrected chi connectivity index (χ1v) is 12.4. The van der Waals surface area contributed by atoms with E-state index in [1.54, 1.807) is 18.2 Å². The van der Waals surface area contributed by atoms with Crippen molar-refractivity contribution in [3.8, 4) is 5.75 Å². The number of hydrogen-bond donors (Lipinski definition) is 0. The Morgan fingerprint density at radius 3 is 2.56 bits per heavy atom. The highest BCUT2D eigenvalue weighted by molar-refractivity contribution is 9.10. The number of alkyl halides is 3. The van der Waals surface area contributed by atoms with Gasteiger partial charge in [0, 0.05) is 9.50 Å². The summed E-state index contributed by atoms with van der Waals surface area (Å²) in [7, 11) is 1.49. The van der Waals surface area contributed by atoms with Gasteiger partial charge in [-0.25, -0.2) is 9.79 Å². The Morgan fingerprint density at radius 2 is 1.94 bits per heavy atom. The van der Waals surface area contributed by atoms with E-state index in [-0.39, 0.29) is 21.5 Å². The van der Waals surface area contributed by atoms with E-state index in [2.05, 4.69) is 20.9 Å². The molecule has 0 amide bonds. The summed E-state index contributed by atoms with van der Waals surface area (Å²) in [5.41, 5.74) is -1.97. The molecule has 2 aromatic carbocycles. The van der Waals surface area contributed by atoms with Crippen molar-refractivity contribution in [3.63, 3.8) is 0 Å². The van der Waals surface area contributed by atoms with Crippen LogP contribution < -0.4 is 19.6 Å². The summed E-state index contributed by atoms with van der Waals surface area (Å²) in [6, 6.07) is 9.54. The molecule has 4 rings (SSSR count). The van der Waals surface area contributed by atoms with Gasteiger partial charge in [-0.15, -0.1) is 0 Å². The molecule has 1 aliphatic heterocycles. The second-order valence-electron chi connectivity index (χ2n) is 7.50. The topological polar surface area (TPSA) is 69.9 Å². The molecule has 0 saturated carbocycles. The van der Waals surface area contributed by atoms with Gasteiger partial charge in [0.25, 0.3) is 5.56 Å². The Kier molecular flexibility index (Phi) is 7.44. The van der Waals surface area contributed by atoms with Crippen LogP contribution in [0.1, 0.15) is 24.1 Å². The molecule has 36 heavy (non-hydrogen) atoms. The first-order chi connectivity index (χ1) is 17.0. The fourth-order valence-corrected chi connectivity index (χ4v) is 5.18. The molecule has 0 radical (unpaired) electrons. The van der Waals surface area contributed by atoms with E-state index in [9.17, 15) is 22.8 Å². The molecule has 0 spiro atoms. The number of aromatic nitrogens is 1. The molecule has 6 nitrogen and oxygen atoms in total. The first kappa shape index (κ1) is 26.2. The molecule has 1 aromatic heterocycles. The summed E-state index contributed by atoms with van der Waals surface area (Å²) < 4.78 is 54.4. The van der Waals surface area contributed by atoms with Crippen molar-refractivity contribution in [2.75, 3.05) is 13.7 Å². The summed E-state index contributed by atoms with van der Waals surface area (Å²) in [6.07, 6.45) is -3.45. The third kappa shape index (κ3) is 5.00. The molecule has 0 fully saturated rings. The monoisotopic (exact) mass is 600 g/mol. The number of methoxy groups -OCH3 is 1. The average molecular weight is 602 g/mol. The summed E-state index contributed by atoms with van der Waals surface area (Å²) in [5.74, 6) is -0.682. The predicted molar refractivity (Wildman–Crippen MR) is 133 cm³/mol. The summed E-state index contributed by atoms with van der Waals surface area (Å²) in [5, 5.41) is 0.340. The van der Waals surface area contributed by atoms with Crippen LogP contribution in [0, 0.1) is 0 Å². The van der Waals surface area contributed by atoms with Crippen molar-refractivity contribution in [2.24, 2.45) is 4.99 Å². The minimum Gasteiger partial charge on any atom is -0.497 e. The van der Waals surface area contributed by atoms with Gasteiger partial charge in [-0.05, 0) is 54.5 Å². The van der Waals surface area contributed by atoms with Gasteiger partial charge in [0.1, 0.15) is 5.75 Å². The third-order valence-corrected chi connectivity index (χ3v) is 7.23. The number of rotatable bonds is 5. The normalized spacial score (nSPS) is 16.0. The SMILES string of the molecule is CCOC(=O)C1=C(C(F)(F)F)N=c2s/c(=C\c3cc(OC)ccc3Br)c(=O)n2[C@H]1c1ccc(Cl)cc1. The Balaban J connectivity index is 2.05. The maximum absolute atomic E-state index is 14.1. The Bertz CT molecular complexity index is 1550. The molecule has 1 atom stereocenters. The molecule has 2 heterocycles. The van der Waals surface area contributed by atoms with Gasteiger partial charge in [-0.2, -0.15) is 13.2 Å². The zero-order valence-corrected chi connectivity index (χ0v) is 21.9. The van der Waals surface area contributed by atoms with Crippen LogP contribution in [0.5, 0.6) is 5.75 Å². The van der Waals surface area contributed by atoms with Crippen molar-refractivity contribution < 1.29 is 27.4 Å². The number of halogens is 5. The van der Waals surface area contributed by atoms with Crippen LogP contribution in [0.25, 0.3) is 6.08 Å². The van der Waals surface area contributed by atoms with Crippen LogP contribution in [0.15, 0.2) is 68.0 Å². The van der Waals surface area contributed by atoms with Crippen LogP contribution in [0.4, 0.5) is 13.2 Å². The lowest BCUT2D eigenvalue weighted by Crippen LogP contribution is -2.41. The van der Waals surface area contributed by atoms with Crippen LogP contribution in [-0.2, 0) is 9.53 Å². The number of fused-ring (bicyclic) bond motifs is 1. The van der Waals surface area contributed by atoms with Crippen molar-refractivity contribution in [1.29, 1.82) is 0 Å². The molecule has 188 valence electrons. The molecular weight excluding hydrogens is 585 g/mol. The minimum absolute atomic E-state index is 0.119. The number of hydrogen-bond acceptors (Lipinski definition) is 6. The molecule has 0 saturated heterocycles. The second kappa shape index (κ2) is 10.2. The van der Waals surface area contributed by atoms with Crippen LogP contribution in [-0.4, -0.2) is 30.4 Å². The Hall–Kier alpha value is -2.89. The second-order valence-corrected chi connectivity index (χ2v) is 9.80. The van der Waals surface area contributed by atoms with E-state index in [1.165, 1.54) is 44.4 Å². The highest BCUT2D eigenvalue weighted by Crippen LogP contribution is 2.38. The lowest BCUT2D eigenvalue weighted by Gasteiger charge is -2.26. The number of benzene rings is 2. The van der Waals surface area contributed by atoms with Crippen LogP contribution in [0.3, 0.4) is 0 Å². The van der Waals surface area contributed by atoms with Crippen LogP contribution >= 0.6 is 38.9 Å². The fraction of sp³-hybridized carbons (Fsp3) is 0.208. The maximum atomic E-state index is 14.1. The molecule has 3 aromatic rings. The van der Waals surface area contributed by atoms with E-state index in [4.69, 9.17) is 21.1 Å². The van der Waals surface area contributed by atoms with E-state index in [0.717, 1.165) is 15.9 Å². The summed E-state index contributed by atoms with van der Waals surface area (Å²) in [4.78, 5) is 29.9. The first-order valence-electron chi connectivity index (χ1n) is 10.4. The Morgan fingerprint density at radius 1 is 1.25 bits per heavy atom. The summed E-state index contributed by atoms with van der Waals surface area (Å²) in [6.45, 7) is 1.32. The van der Waals surface area contributed by atoms with E-state index in [0.29, 0.717) is 20.8 Å². The van der Waals surface area contributed by atoms with Gasteiger partial charge in [0.05, 0.1) is 29.9 Å². The van der Waals surface area contributed by atoms with Crippen molar-refractivity contribution in [3.05, 3.63) is 94.0 Å². The average Bonchev–Trinajstić information content (AvgIpc) is 3.14. The lowest BCUT2D eigenvalue weighted by molar-refractivity contribution is -0.140. The standard InChI is InChI=1S/C24H17BrClF3N2O4S/c1-3-35-22(33)18-19(12-4-6-14(26)7-5-12)31-21(32)17(36-23(31)30-20(18)24(27,28)29)11-13-10-15(34-2)8-9-16(13)25/h4-11,19H,3H2,1-2H3/b17-11-/t19-/m0/s1. The third-order valence-electron chi connectivity index (χ3n) is 5.27. The lowest BCUT2D eigenvalue weighted by atomic mass is 9.95. The van der Waals surface area contributed by atoms with Gasteiger partial charge in [-0.1, -0.05) is 51.0 Å². The van der Waals surface area contributed by atoms with Gasteiger partial charge < -0.3 is 9.47 Å². The van der Waals surface area contributed by atoms with Crippen molar-refractivity contribution in [2.45, 2.75) is 19.1 Å². The molecule has 0 N–H and O–H groups in total. The number of carbonyl (C=O) groups excluding carboxylic acids is 1. The predicted octanol–water partition coefficient (Wildman–Crippen LogP) is 4.77. The minimum atomic E-state index is -4.97. The molecule has 0 aliphatic carbocycles. The van der Waals surface area contributed by atoms with E-state index >= 15 is 0 Å². The number of allylic oxidation sites excluding steroid dienone is 1. The van der Waals surface area contributed by atoms with Gasteiger partial charge in [0.2, 0.25) is 0 Å². The molecule has 0 unspecified atom stereocenters. The molecule has 0 bridgehead atoms. The number of carbonyl (C=O) groups is 1. The number of thiazole rings is 1. The fourth-order valence-electron chi connectivity index (χ4n) is 3.70. The van der Waals surface area contributed by atoms with Gasteiger partial charge in [0.15, 0.2) is 10.5 Å². The maximum Gasteiger partial charge on any atom is 0.434 e. The molecular formula is C24H17BrClF3N2O4S. The highest BCUT2D eigenvalue weighted by atomic mass is 79.9. The summed E-state index contributed by atoms with van der Waals surface area (Å²) >= 11 is 10.2. The van der Waals surface area contributed by atoms with Crippen molar-refractivity contribution in [1.82, 2.24) is 4.57 Å². The largest absolute Gasteiger partial charge is 0.497 e. The molecule has 12 heteroatoms. The smallest absolute Gasteiger partial charge is 0.434 e. The van der Waals surface area contributed by atoms with E-state index < -0.39 is 35.0 Å². The van der Waals surface area contributed by atoms with Crippen LogP contribution in [0.2, 0.25) is 5.02 Å². The quantitative estimate of drug-likeness (QED) is 0.396.